The number of ether oxygens (including phenoxy) is 2. The molecule has 1 aromatic rings. The molecule has 0 unspecified atom stereocenters. The van der Waals surface area contributed by atoms with Crippen LogP contribution >= 0.6 is 11.3 Å². The number of rotatable bonds is 5. The van der Waals surface area contributed by atoms with Crippen molar-refractivity contribution in [3.63, 3.8) is 0 Å². The van der Waals surface area contributed by atoms with Gasteiger partial charge in [-0.2, -0.15) is 0 Å². The highest BCUT2D eigenvalue weighted by atomic mass is 32.1. The van der Waals surface area contributed by atoms with Crippen molar-refractivity contribution in [3.05, 3.63) is 12.1 Å². The molecule has 0 saturated carbocycles. The molecule has 0 fully saturated rings. The minimum atomic E-state index is 0.747. The second kappa shape index (κ2) is 5.09. The normalized spacial score (nSPS) is 10.1. The third kappa shape index (κ3) is 2.90. The molecule has 0 aliphatic rings. The van der Waals surface area contributed by atoms with Crippen LogP contribution < -0.4 is 9.64 Å². The van der Waals surface area contributed by atoms with Crippen LogP contribution in [0.2, 0.25) is 0 Å². The number of hydrogen-bond acceptors (Lipinski definition) is 4. The zero-order chi connectivity index (χ0) is 9.68. The van der Waals surface area contributed by atoms with Gasteiger partial charge in [-0.1, -0.05) is 11.3 Å². The van der Waals surface area contributed by atoms with Gasteiger partial charge < -0.3 is 14.4 Å². The van der Waals surface area contributed by atoms with Crippen LogP contribution in [0.15, 0.2) is 12.1 Å². The Labute approximate surface area is 82.9 Å². The van der Waals surface area contributed by atoms with Gasteiger partial charge in [0.25, 0.3) is 0 Å². The van der Waals surface area contributed by atoms with Crippen LogP contribution in [0, 0.1) is 0 Å². The van der Waals surface area contributed by atoms with Crippen molar-refractivity contribution in [1.82, 2.24) is 0 Å². The first kappa shape index (κ1) is 10.3. The number of nitrogens with zero attached hydrogens (tertiary/aromatic N) is 1. The molecule has 13 heavy (non-hydrogen) atoms. The van der Waals surface area contributed by atoms with Gasteiger partial charge >= 0.3 is 0 Å². The summed E-state index contributed by atoms with van der Waals surface area (Å²) in [6, 6.07) is 4.03. The first-order chi connectivity index (χ1) is 6.27. The summed E-state index contributed by atoms with van der Waals surface area (Å²) in [4.78, 5) is 2.15. The Morgan fingerprint density at radius 2 is 2.15 bits per heavy atom. The monoisotopic (exact) mass is 201 g/mol. The van der Waals surface area contributed by atoms with Gasteiger partial charge in [-0.15, -0.1) is 0 Å². The molecule has 0 saturated heterocycles. The molecule has 1 heterocycles. The molecule has 0 radical (unpaired) electrons. The second-order valence-corrected chi connectivity index (χ2v) is 3.74. The third-order valence-corrected chi connectivity index (χ3v) is 2.94. The standard InChI is InChI=1S/C9H15NO2S/c1-10(6-7-11-2)8-4-5-9(12-3)13-8/h4-5H,6-7H2,1-3H3. The maximum Gasteiger partial charge on any atom is 0.175 e. The zero-order valence-corrected chi connectivity index (χ0v) is 9.06. The largest absolute Gasteiger partial charge is 0.487 e. The van der Waals surface area contributed by atoms with Crippen molar-refractivity contribution >= 4 is 16.3 Å². The summed E-state index contributed by atoms with van der Waals surface area (Å²) < 4.78 is 10.1. The minimum absolute atomic E-state index is 0.747. The molecule has 4 heteroatoms. The van der Waals surface area contributed by atoms with Gasteiger partial charge in [0.2, 0.25) is 0 Å². The van der Waals surface area contributed by atoms with E-state index in [2.05, 4.69) is 11.0 Å². The molecule has 0 bridgehead atoms. The van der Waals surface area contributed by atoms with Crippen LogP contribution in [-0.4, -0.2) is 34.4 Å². The van der Waals surface area contributed by atoms with Crippen molar-refractivity contribution in [2.24, 2.45) is 0 Å². The third-order valence-electron chi connectivity index (χ3n) is 1.78. The quantitative estimate of drug-likeness (QED) is 0.725. The van der Waals surface area contributed by atoms with Gasteiger partial charge in [-0.25, -0.2) is 0 Å². The van der Waals surface area contributed by atoms with Gasteiger partial charge in [-0.3, -0.25) is 0 Å². The van der Waals surface area contributed by atoms with E-state index in [0.717, 1.165) is 18.2 Å². The fraction of sp³-hybridized carbons (Fsp3) is 0.556. The Morgan fingerprint density at radius 3 is 2.69 bits per heavy atom. The van der Waals surface area contributed by atoms with Gasteiger partial charge in [0.05, 0.1) is 18.7 Å². The lowest BCUT2D eigenvalue weighted by Crippen LogP contribution is -2.20. The van der Waals surface area contributed by atoms with Crippen LogP contribution in [0.5, 0.6) is 5.06 Å². The molecule has 0 aromatic carbocycles. The van der Waals surface area contributed by atoms with Crippen LogP contribution in [0.4, 0.5) is 5.00 Å². The van der Waals surface area contributed by atoms with E-state index in [1.807, 2.05) is 13.1 Å². The average molecular weight is 201 g/mol. The molecule has 0 spiro atoms. The highest BCUT2D eigenvalue weighted by Crippen LogP contribution is 2.30. The number of methoxy groups -OCH3 is 2. The smallest absolute Gasteiger partial charge is 0.175 e. The molecular formula is C9H15NO2S. The van der Waals surface area contributed by atoms with Crippen LogP contribution in [0.1, 0.15) is 0 Å². The summed E-state index contributed by atoms with van der Waals surface area (Å²) in [5, 5.41) is 2.15. The summed E-state index contributed by atoms with van der Waals surface area (Å²) >= 11 is 1.64. The summed E-state index contributed by atoms with van der Waals surface area (Å²) in [5.74, 6) is 0. The topological polar surface area (TPSA) is 21.7 Å². The minimum Gasteiger partial charge on any atom is -0.487 e. The highest BCUT2D eigenvalue weighted by Gasteiger charge is 2.04. The summed E-state index contributed by atoms with van der Waals surface area (Å²) in [6.07, 6.45) is 0. The summed E-state index contributed by atoms with van der Waals surface area (Å²) in [5.41, 5.74) is 0. The zero-order valence-electron chi connectivity index (χ0n) is 8.24. The fourth-order valence-electron chi connectivity index (χ4n) is 0.964. The van der Waals surface area contributed by atoms with Crippen molar-refractivity contribution in [2.45, 2.75) is 0 Å². The molecule has 0 amide bonds. The predicted octanol–water partition coefficient (Wildman–Crippen LogP) is 1.84. The lowest BCUT2D eigenvalue weighted by atomic mass is 10.5. The van der Waals surface area contributed by atoms with E-state index in [4.69, 9.17) is 9.47 Å². The molecular weight excluding hydrogens is 186 g/mol. The molecule has 74 valence electrons. The van der Waals surface area contributed by atoms with Crippen molar-refractivity contribution < 1.29 is 9.47 Å². The highest BCUT2D eigenvalue weighted by molar-refractivity contribution is 7.17. The predicted molar refractivity (Wildman–Crippen MR) is 56.0 cm³/mol. The van der Waals surface area contributed by atoms with Crippen LogP contribution in [0.3, 0.4) is 0 Å². The first-order valence-corrected chi connectivity index (χ1v) is 4.93. The van der Waals surface area contributed by atoms with E-state index < -0.39 is 0 Å². The van der Waals surface area contributed by atoms with E-state index in [9.17, 15) is 0 Å². The van der Waals surface area contributed by atoms with E-state index in [0.29, 0.717) is 0 Å². The van der Waals surface area contributed by atoms with Gasteiger partial charge in [-0.05, 0) is 12.1 Å². The summed E-state index contributed by atoms with van der Waals surface area (Å²) in [7, 11) is 5.44. The van der Waals surface area contributed by atoms with E-state index >= 15 is 0 Å². The molecule has 3 nitrogen and oxygen atoms in total. The van der Waals surface area contributed by atoms with Crippen LogP contribution in [-0.2, 0) is 4.74 Å². The van der Waals surface area contributed by atoms with E-state index in [-0.39, 0.29) is 0 Å². The Kier molecular flexibility index (Phi) is 4.05. The molecule has 0 atom stereocenters. The van der Waals surface area contributed by atoms with Gasteiger partial charge in [0.1, 0.15) is 0 Å². The Morgan fingerprint density at radius 1 is 1.38 bits per heavy atom. The molecule has 1 aromatic heterocycles. The number of thiophene rings is 1. The Balaban J connectivity index is 2.50. The summed E-state index contributed by atoms with van der Waals surface area (Å²) in [6.45, 7) is 1.65. The maximum absolute atomic E-state index is 5.11. The Hall–Kier alpha value is -0.740. The number of likely N-dealkylation sites (N-methyl/N-ethyl adjacent to an activating group) is 1. The second-order valence-electron chi connectivity index (χ2n) is 2.71. The van der Waals surface area contributed by atoms with E-state index in [1.54, 1.807) is 25.6 Å². The Bertz CT molecular complexity index is 250. The SMILES string of the molecule is COCCN(C)c1ccc(OC)s1. The van der Waals surface area contributed by atoms with Crippen LogP contribution in [0.25, 0.3) is 0 Å². The average Bonchev–Trinajstić information content (AvgIpc) is 2.62. The molecule has 0 N–H and O–H groups in total. The lowest BCUT2D eigenvalue weighted by molar-refractivity contribution is 0.206. The van der Waals surface area contributed by atoms with E-state index in [1.165, 1.54) is 5.00 Å². The molecule has 1 rings (SSSR count). The number of anilines is 1. The van der Waals surface area contributed by atoms with Crippen molar-refractivity contribution in [1.29, 1.82) is 0 Å². The van der Waals surface area contributed by atoms with Gasteiger partial charge in [0.15, 0.2) is 5.06 Å². The molecule has 0 aliphatic heterocycles. The lowest BCUT2D eigenvalue weighted by Gasteiger charge is -2.15. The van der Waals surface area contributed by atoms with Crippen molar-refractivity contribution in [2.75, 3.05) is 39.3 Å². The van der Waals surface area contributed by atoms with Crippen molar-refractivity contribution in [3.8, 4) is 5.06 Å². The maximum atomic E-state index is 5.11. The number of hydrogen-bond donors (Lipinski definition) is 0. The fourth-order valence-corrected chi connectivity index (χ4v) is 1.77. The van der Waals surface area contributed by atoms with Gasteiger partial charge in [0, 0.05) is 20.7 Å². The molecule has 0 aliphatic carbocycles. The first-order valence-electron chi connectivity index (χ1n) is 4.12.